The molecule has 0 atom stereocenters. The third-order valence-corrected chi connectivity index (χ3v) is 3.21. The Morgan fingerprint density at radius 1 is 1.15 bits per heavy atom. The Morgan fingerprint density at radius 2 is 1.85 bits per heavy atom. The molecule has 4 heteroatoms. The fourth-order valence-corrected chi connectivity index (χ4v) is 2.17. The van der Waals surface area contributed by atoms with Gasteiger partial charge in [0.2, 0.25) is 5.91 Å². The Balaban J connectivity index is 1.98. The molecule has 2 aromatic rings. The first-order chi connectivity index (χ1) is 9.54. The second-order valence-electron chi connectivity index (χ2n) is 4.69. The van der Waals surface area contributed by atoms with Gasteiger partial charge in [0.25, 0.3) is 0 Å². The average Bonchev–Trinajstić information content (AvgIpc) is 2.38. The molecular formula is C16H15ClFNO. The van der Waals surface area contributed by atoms with E-state index in [9.17, 15) is 9.18 Å². The van der Waals surface area contributed by atoms with E-state index in [-0.39, 0.29) is 18.1 Å². The van der Waals surface area contributed by atoms with Gasteiger partial charge in [0.15, 0.2) is 0 Å². The summed E-state index contributed by atoms with van der Waals surface area (Å²) in [6.45, 7) is 0.481. The second kappa shape index (κ2) is 6.53. The average molecular weight is 292 g/mol. The van der Waals surface area contributed by atoms with E-state index in [2.05, 4.69) is 0 Å². The monoisotopic (exact) mass is 291 g/mol. The first-order valence-electron chi connectivity index (χ1n) is 6.27. The highest BCUT2D eigenvalue weighted by molar-refractivity contribution is 6.30. The smallest absolute Gasteiger partial charge is 0.227 e. The lowest BCUT2D eigenvalue weighted by Crippen LogP contribution is -2.27. The van der Waals surface area contributed by atoms with Crippen LogP contribution in [0, 0.1) is 5.82 Å². The molecular weight excluding hydrogens is 277 g/mol. The first kappa shape index (κ1) is 14.5. The van der Waals surface area contributed by atoms with Crippen molar-refractivity contribution in [2.75, 3.05) is 7.05 Å². The number of hydrogen-bond acceptors (Lipinski definition) is 1. The van der Waals surface area contributed by atoms with Crippen LogP contribution in [0.5, 0.6) is 0 Å². The van der Waals surface area contributed by atoms with Gasteiger partial charge in [-0.1, -0.05) is 35.9 Å². The van der Waals surface area contributed by atoms with E-state index < -0.39 is 0 Å². The molecule has 0 bridgehead atoms. The van der Waals surface area contributed by atoms with Crippen LogP contribution in [0.4, 0.5) is 4.39 Å². The molecule has 0 spiro atoms. The highest BCUT2D eigenvalue weighted by Crippen LogP contribution is 2.13. The molecule has 20 heavy (non-hydrogen) atoms. The minimum Gasteiger partial charge on any atom is -0.341 e. The van der Waals surface area contributed by atoms with E-state index >= 15 is 0 Å². The molecule has 0 aliphatic heterocycles. The predicted molar refractivity (Wildman–Crippen MR) is 78.0 cm³/mol. The maximum atomic E-state index is 13.1. The molecule has 0 heterocycles. The molecule has 0 saturated carbocycles. The van der Waals surface area contributed by atoms with Gasteiger partial charge in [-0.2, -0.15) is 0 Å². The summed E-state index contributed by atoms with van der Waals surface area (Å²) in [7, 11) is 1.72. The molecule has 0 radical (unpaired) electrons. The third-order valence-electron chi connectivity index (χ3n) is 2.98. The summed E-state index contributed by atoms with van der Waals surface area (Å²) in [6, 6.07) is 13.5. The van der Waals surface area contributed by atoms with Gasteiger partial charge in [-0.25, -0.2) is 4.39 Å². The molecule has 0 unspecified atom stereocenters. The molecule has 104 valence electrons. The molecule has 0 saturated heterocycles. The summed E-state index contributed by atoms with van der Waals surface area (Å²) in [5, 5.41) is 0.647. The van der Waals surface area contributed by atoms with Crippen molar-refractivity contribution in [3.05, 3.63) is 70.5 Å². The Morgan fingerprint density at radius 3 is 2.55 bits per heavy atom. The van der Waals surface area contributed by atoms with E-state index in [0.29, 0.717) is 17.1 Å². The topological polar surface area (TPSA) is 20.3 Å². The number of likely N-dealkylation sites (N-methyl/N-ethyl adjacent to an activating group) is 1. The standard InChI is InChI=1S/C16H15ClFNO/c1-19(11-13-5-2-6-14(17)8-13)16(20)10-12-4-3-7-15(18)9-12/h2-9H,10-11H2,1H3. The van der Waals surface area contributed by atoms with Gasteiger partial charge in [-0.3, -0.25) is 4.79 Å². The summed E-state index contributed by atoms with van der Waals surface area (Å²) in [5.74, 6) is -0.386. The highest BCUT2D eigenvalue weighted by Gasteiger charge is 2.10. The van der Waals surface area contributed by atoms with E-state index in [1.54, 1.807) is 30.1 Å². The molecule has 0 N–H and O–H groups in total. The zero-order chi connectivity index (χ0) is 14.5. The SMILES string of the molecule is CN(Cc1cccc(Cl)c1)C(=O)Cc1cccc(F)c1. The summed E-state index contributed by atoms with van der Waals surface area (Å²) in [6.07, 6.45) is 0.189. The van der Waals surface area contributed by atoms with Crippen molar-refractivity contribution in [1.82, 2.24) is 4.90 Å². The van der Waals surface area contributed by atoms with Gasteiger partial charge in [0, 0.05) is 18.6 Å². The molecule has 0 aliphatic carbocycles. The van der Waals surface area contributed by atoms with E-state index in [0.717, 1.165) is 5.56 Å². The minimum atomic E-state index is -0.326. The molecule has 1 amide bonds. The van der Waals surface area contributed by atoms with Crippen molar-refractivity contribution in [1.29, 1.82) is 0 Å². The largest absolute Gasteiger partial charge is 0.341 e. The van der Waals surface area contributed by atoms with Crippen molar-refractivity contribution in [3.63, 3.8) is 0 Å². The zero-order valence-corrected chi connectivity index (χ0v) is 11.9. The predicted octanol–water partition coefficient (Wildman–Crippen LogP) is 3.68. The molecule has 0 fully saturated rings. The number of carbonyl (C=O) groups is 1. The summed E-state index contributed by atoms with van der Waals surface area (Å²) in [4.78, 5) is 13.7. The third kappa shape index (κ3) is 4.07. The molecule has 0 aromatic heterocycles. The van der Waals surface area contributed by atoms with Crippen molar-refractivity contribution in [2.24, 2.45) is 0 Å². The summed E-state index contributed by atoms with van der Waals surface area (Å²) >= 11 is 5.91. The van der Waals surface area contributed by atoms with Crippen molar-refractivity contribution < 1.29 is 9.18 Å². The number of hydrogen-bond donors (Lipinski definition) is 0. The fourth-order valence-electron chi connectivity index (χ4n) is 1.95. The zero-order valence-electron chi connectivity index (χ0n) is 11.1. The number of carbonyl (C=O) groups excluding carboxylic acids is 1. The summed E-state index contributed by atoms with van der Waals surface area (Å²) in [5.41, 5.74) is 1.64. The number of amides is 1. The van der Waals surface area contributed by atoms with Crippen LogP contribution in [-0.4, -0.2) is 17.9 Å². The van der Waals surface area contributed by atoms with Crippen LogP contribution < -0.4 is 0 Å². The normalized spacial score (nSPS) is 10.3. The number of benzene rings is 2. The quantitative estimate of drug-likeness (QED) is 0.841. The van der Waals surface area contributed by atoms with E-state index in [4.69, 9.17) is 11.6 Å². The number of halogens is 2. The lowest BCUT2D eigenvalue weighted by atomic mass is 10.1. The van der Waals surface area contributed by atoms with Crippen molar-refractivity contribution >= 4 is 17.5 Å². The highest BCUT2D eigenvalue weighted by atomic mass is 35.5. The van der Waals surface area contributed by atoms with Crippen LogP contribution >= 0.6 is 11.6 Å². The molecule has 0 aliphatic rings. The lowest BCUT2D eigenvalue weighted by Gasteiger charge is -2.17. The Hall–Kier alpha value is -1.87. The van der Waals surface area contributed by atoms with Crippen LogP contribution in [0.1, 0.15) is 11.1 Å². The van der Waals surface area contributed by atoms with Crippen molar-refractivity contribution in [2.45, 2.75) is 13.0 Å². The van der Waals surface area contributed by atoms with Crippen LogP contribution in [0.25, 0.3) is 0 Å². The van der Waals surface area contributed by atoms with Gasteiger partial charge < -0.3 is 4.90 Å². The van der Waals surface area contributed by atoms with Gasteiger partial charge in [-0.15, -0.1) is 0 Å². The number of nitrogens with zero attached hydrogens (tertiary/aromatic N) is 1. The number of rotatable bonds is 4. The van der Waals surface area contributed by atoms with Crippen LogP contribution in [0.2, 0.25) is 5.02 Å². The molecule has 2 rings (SSSR count). The Labute approximate surface area is 122 Å². The first-order valence-corrected chi connectivity index (χ1v) is 6.65. The fraction of sp³-hybridized carbons (Fsp3) is 0.188. The van der Waals surface area contributed by atoms with Gasteiger partial charge in [0.05, 0.1) is 6.42 Å². The van der Waals surface area contributed by atoms with Gasteiger partial charge in [-0.05, 0) is 35.4 Å². The Kier molecular flexibility index (Phi) is 4.74. The van der Waals surface area contributed by atoms with Crippen LogP contribution in [-0.2, 0) is 17.8 Å². The van der Waals surface area contributed by atoms with Crippen LogP contribution in [0.15, 0.2) is 48.5 Å². The minimum absolute atomic E-state index is 0.0597. The van der Waals surface area contributed by atoms with Crippen LogP contribution in [0.3, 0.4) is 0 Å². The van der Waals surface area contributed by atoms with E-state index in [1.165, 1.54) is 12.1 Å². The van der Waals surface area contributed by atoms with Gasteiger partial charge >= 0.3 is 0 Å². The van der Waals surface area contributed by atoms with Crippen molar-refractivity contribution in [3.8, 4) is 0 Å². The molecule has 2 nitrogen and oxygen atoms in total. The van der Waals surface area contributed by atoms with E-state index in [1.807, 2.05) is 18.2 Å². The molecule has 2 aromatic carbocycles. The second-order valence-corrected chi connectivity index (χ2v) is 5.12. The maximum Gasteiger partial charge on any atom is 0.227 e. The Bertz CT molecular complexity index is 615. The maximum absolute atomic E-state index is 13.1. The van der Waals surface area contributed by atoms with Gasteiger partial charge in [0.1, 0.15) is 5.82 Å². The summed E-state index contributed by atoms with van der Waals surface area (Å²) < 4.78 is 13.1. The lowest BCUT2D eigenvalue weighted by molar-refractivity contribution is -0.129.